The van der Waals surface area contributed by atoms with E-state index in [9.17, 15) is 4.79 Å². The lowest BCUT2D eigenvalue weighted by atomic mass is 9.97. The van der Waals surface area contributed by atoms with Crippen molar-refractivity contribution < 1.29 is 22.6 Å². The number of rotatable bonds is 6. The molecule has 0 aliphatic heterocycles. The first-order valence-corrected chi connectivity index (χ1v) is 10.2. The Balaban J connectivity index is 3.45. The molecule has 0 fully saturated rings. The normalized spacial score (nSPS) is 18.4. The van der Waals surface area contributed by atoms with Gasteiger partial charge in [0.05, 0.1) is 12.0 Å². The Bertz CT molecular complexity index is 673. The van der Waals surface area contributed by atoms with Crippen molar-refractivity contribution in [3.63, 3.8) is 0 Å². The molecule has 0 aliphatic carbocycles. The molecule has 0 unspecified atom stereocenters. The Labute approximate surface area is 144 Å². The lowest BCUT2D eigenvalue weighted by molar-refractivity contribution is -0.136. The van der Waals surface area contributed by atoms with E-state index in [2.05, 4.69) is 0 Å². The van der Waals surface area contributed by atoms with Crippen LogP contribution in [0.15, 0.2) is 24.3 Å². The van der Waals surface area contributed by atoms with Gasteiger partial charge in [-0.25, -0.2) is 0 Å². The molecule has 124 valence electrons. The fraction of sp³-hybridized carbons (Fsp3) is 0.611. The molecule has 0 aliphatic rings. The molecule has 0 radical (unpaired) electrons. The number of carboxylic acids is 1. The molecular formula is C18H30O3Si. The Morgan fingerprint density at radius 1 is 1.18 bits per heavy atom. The van der Waals surface area contributed by atoms with Gasteiger partial charge < -0.3 is 9.53 Å². The van der Waals surface area contributed by atoms with Crippen molar-refractivity contribution in [3.05, 3.63) is 35.4 Å². The zero-order chi connectivity index (χ0) is 22.2. The zero-order valence-corrected chi connectivity index (χ0v) is 15.0. The summed E-state index contributed by atoms with van der Waals surface area (Å²) < 4.78 is 54.5. The predicted molar refractivity (Wildman–Crippen MR) is 93.8 cm³/mol. The molecule has 4 heteroatoms. The second-order valence-electron chi connectivity index (χ2n) is 7.25. The Morgan fingerprint density at radius 2 is 1.68 bits per heavy atom. The molecule has 1 aromatic carbocycles. The van der Waals surface area contributed by atoms with Crippen LogP contribution in [0.1, 0.15) is 53.8 Å². The summed E-state index contributed by atoms with van der Waals surface area (Å²) in [6.07, 6.45) is -0.482. The molecule has 0 saturated heterocycles. The van der Waals surface area contributed by atoms with Crippen LogP contribution in [0.2, 0.25) is 18.1 Å². The molecular weight excluding hydrogens is 292 g/mol. The number of hydrogen-bond acceptors (Lipinski definition) is 2. The van der Waals surface area contributed by atoms with Gasteiger partial charge in [-0.2, -0.15) is 0 Å². The highest BCUT2D eigenvalue weighted by atomic mass is 28.4. The van der Waals surface area contributed by atoms with E-state index in [1.807, 2.05) is 33.9 Å². The van der Waals surface area contributed by atoms with E-state index in [1.54, 1.807) is 24.3 Å². The number of carboxylic acid groups (broad SMARTS) is 1. The molecule has 0 saturated carbocycles. The van der Waals surface area contributed by atoms with E-state index in [0.717, 1.165) is 0 Å². The topological polar surface area (TPSA) is 46.5 Å². The van der Waals surface area contributed by atoms with Crippen LogP contribution < -0.4 is 0 Å². The van der Waals surface area contributed by atoms with Crippen LogP contribution in [0.5, 0.6) is 0 Å². The fourth-order valence-corrected chi connectivity index (χ4v) is 3.11. The summed E-state index contributed by atoms with van der Waals surface area (Å²) in [6.45, 7) is 3.66. The molecule has 0 spiro atoms. The summed E-state index contributed by atoms with van der Waals surface area (Å²) in [5, 5.41) is 8.50. The van der Waals surface area contributed by atoms with Gasteiger partial charge >= 0.3 is 5.97 Å². The first kappa shape index (κ1) is 11.4. The van der Waals surface area contributed by atoms with E-state index >= 15 is 0 Å². The lowest BCUT2D eigenvalue weighted by Gasteiger charge is -2.43. The van der Waals surface area contributed by atoms with Crippen molar-refractivity contribution in [1.82, 2.24) is 0 Å². The second kappa shape index (κ2) is 6.55. The lowest BCUT2D eigenvalue weighted by Crippen LogP contribution is -2.48. The number of aliphatic carboxylic acids is 1. The molecule has 0 bridgehead atoms. The summed E-state index contributed by atoms with van der Waals surface area (Å²) in [5.41, 5.74) is -1.33. The van der Waals surface area contributed by atoms with Gasteiger partial charge in [0.25, 0.3) is 0 Å². The molecule has 0 atom stereocenters. The van der Waals surface area contributed by atoms with Gasteiger partial charge in [-0.15, -0.1) is 0 Å². The second-order valence-corrected chi connectivity index (χ2v) is 12.0. The molecule has 22 heavy (non-hydrogen) atoms. The summed E-state index contributed by atoms with van der Waals surface area (Å²) in [5.74, 6) is -0.978. The van der Waals surface area contributed by atoms with E-state index in [1.165, 1.54) is 0 Å². The van der Waals surface area contributed by atoms with Gasteiger partial charge in [-0.05, 0) is 49.4 Å². The highest BCUT2D eigenvalue weighted by Crippen LogP contribution is 2.39. The van der Waals surface area contributed by atoms with Crippen molar-refractivity contribution in [2.24, 2.45) is 0 Å². The van der Waals surface area contributed by atoms with Gasteiger partial charge in [0.2, 0.25) is 0 Å². The molecule has 0 aromatic heterocycles. The predicted octanol–water partition coefficient (Wildman–Crippen LogP) is 4.66. The van der Waals surface area contributed by atoms with Crippen LogP contribution in [0.3, 0.4) is 0 Å². The third-order valence-corrected chi connectivity index (χ3v) is 8.54. The standard InChI is InChI=1S/C18H30O3Si/c1-17(2,3)22(6,7)21-18(4,5)13-15-10-8-14(9-11-15)12-16(19)20/h8-11H,12-13H2,1-7H3,(H,19,20)/i4D3,5D3. The highest BCUT2D eigenvalue weighted by Gasteiger charge is 2.41. The number of hydrogen-bond donors (Lipinski definition) is 1. The monoisotopic (exact) mass is 328 g/mol. The van der Waals surface area contributed by atoms with Crippen LogP contribution in [0, 0.1) is 0 Å². The Morgan fingerprint density at radius 3 is 2.09 bits per heavy atom. The maximum atomic E-state index is 10.8. The largest absolute Gasteiger partial charge is 0.481 e. The van der Waals surface area contributed by atoms with Gasteiger partial charge in [-0.3, -0.25) is 4.79 Å². The quantitative estimate of drug-likeness (QED) is 0.773. The maximum absolute atomic E-state index is 10.8. The van der Waals surface area contributed by atoms with Crippen molar-refractivity contribution >= 4 is 14.3 Å². The molecule has 3 nitrogen and oxygen atoms in total. The van der Waals surface area contributed by atoms with Gasteiger partial charge in [-0.1, -0.05) is 45.0 Å². The smallest absolute Gasteiger partial charge is 0.307 e. The minimum absolute atomic E-state index is 0.162. The molecule has 1 aromatic rings. The molecule has 0 amide bonds. The number of carbonyl (C=O) groups is 1. The van der Waals surface area contributed by atoms with E-state index in [-0.39, 0.29) is 17.9 Å². The van der Waals surface area contributed by atoms with Crippen LogP contribution >= 0.6 is 0 Å². The molecule has 0 heterocycles. The highest BCUT2D eigenvalue weighted by molar-refractivity contribution is 6.74. The van der Waals surface area contributed by atoms with Gasteiger partial charge in [0, 0.05) is 8.22 Å². The van der Waals surface area contributed by atoms with Crippen molar-refractivity contribution in [1.29, 1.82) is 0 Å². The fourth-order valence-electron chi connectivity index (χ4n) is 1.86. The first-order chi connectivity index (χ1) is 12.3. The SMILES string of the molecule is [2H]C([2H])([2H])C(Cc1ccc(CC(=O)O)cc1)(O[Si](C)(C)C(C)(C)C)C([2H])([2H])[2H]. The van der Waals surface area contributed by atoms with Gasteiger partial charge in [0.15, 0.2) is 8.32 Å². The van der Waals surface area contributed by atoms with Crippen molar-refractivity contribution in [3.8, 4) is 0 Å². The van der Waals surface area contributed by atoms with Crippen molar-refractivity contribution in [2.75, 3.05) is 0 Å². The first-order valence-electron chi connectivity index (χ1n) is 10.3. The third kappa shape index (κ3) is 5.58. The Kier molecular flexibility index (Phi) is 3.40. The average Bonchev–Trinajstić information content (AvgIpc) is 2.44. The zero-order valence-electron chi connectivity index (χ0n) is 20.0. The van der Waals surface area contributed by atoms with Crippen LogP contribution in [0.4, 0.5) is 0 Å². The summed E-state index contributed by atoms with van der Waals surface area (Å²) in [6, 6.07) is 6.28. The maximum Gasteiger partial charge on any atom is 0.307 e. The minimum atomic E-state index is -2.88. The van der Waals surface area contributed by atoms with Crippen molar-refractivity contribution in [2.45, 2.75) is 71.0 Å². The number of benzene rings is 1. The summed E-state index contributed by atoms with van der Waals surface area (Å²) in [4.78, 5) is 10.8. The molecule has 1 rings (SSSR count). The van der Waals surface area contributed by atoms with E-state index in [0.29, 0.717) is 11.1 Å². The molecule has 1 N–H and O–H groups in total. The van der Waals surface area contributed by atoms with Crippen LogP contribution in [0.25, 0.3) is 0 Å². The third-order valence-electron chi connectivity index (χ3n) is 4.07. The van der Waals surface area contributed by atoms with E-state index < -0.39 is 33.6 Å². The average molecular weight is 329 g/mol. The van der Waals surface area contributed by atoms with Crippen LogP contribution in [-0.4, -0.2) is 25.0 Å². The Hall–Kier alpha value is -1.13. The van der Waals surface area contributed by atoms with E-state index in [4.69, 9.17) is 17.8 Å². The van der Waals surface area contributed by atoms with Crippen LogP contribution in [-0.2, 0) is 22.1 Å². The summed E-state index contributed by atoms with van der Waals surface area (Å²) in [7, 11) is -2.74. The van der Waals surface area contributed by atoms with Gasteiger partial charge in [0.1, 0.15) is 0 Å². The minimum Gasteiger partial charge on any atom is -0.481 e. The summed E-state index contributed by atoms with van der Waals surface area (Å²) >= 11 is 0.